The predicted molar refractivity (Wildman–Crippen MR) is 95.4 cm³/mol. The van der Waals surface area contributed by atoms with Gasteiger partial charge < -0.3 is 24.0 Å². The summed E-state index contributed by atoms with van der Waals surface area (Å²) in [6, 6.07) is 9.83. The van der Waals surface area contributed by atoms with Crippen molar-refractivity contribution in [2.75, 3.05) is 21.3 Å². The summed E-state index contributed by atoms with van der Waals surface area (Å²) < 4.78 is 18.7. The maximum atomic E-state index is 9.75. The number of nitrogens with zero attached hydrogens (tertiary/aromatic N) is 2. The van der Waals surface area contributed by atoms with Gasteiger partial charge in [-0.2, -0.15) is 0 Å². The summed E-state index contributed by atoms with van der Waals surface area (Å²) in [6.07, 6.45) is 0. The van der Waals surface area contributed by atoms with Gasteiger partial charge in [0.25, 0.3) is 0 Å². The molecule has 3 aromatic rings. The van der Waals surface area contributed by atoms with E-state index in [0.717, 1.165) is 33.3 Å². The third kappa shape index (κ3) is 1.82. The summed E-state index contributed by atoms with van der Waals surface area (Å²) in [5.41, 5.74) is 4.95. The highest BCUT2D eigenvalue weighted by molar-refractivity contribution is 6.31. The molecule has 1 aliphatic carbocycles. The molecule has 6 heteroatoms. The molecule has 0 spiro atoms. The summed E-state index contributed by atoms with van der Waals surface area (Å²) in [5, 5.41) is 14.4. The number of aromatic nitrogens is 1. The van der Waals surface area contributed by atoms with Crippen molar-refractivity contribution in [2.24, 2.45) is 12.2 Å². The molecule has 2 aromatic carbocycles. The second-order valence-corrected chi connectivity index (χ2v) is 5.82. The van der Waals surface area contributed by atoms with E-state index in [1.54, 1.807) is 21.3 Å². The van der Waals surface area contributed by atoms with Gasteiger partial charge in [0.1, 0.15) is 5.71 Å². The van der Waals surface area contributed by atoms with Crippen molar-refractivity contribution in [1.29, 1.82) is 0 Å². The number of rotatable bonds is 3. The van der Waals surface area contributed by atoms with Crippen LogP contribution in [-0.4, -0.2) is 36.8 Å². The number of aryl methyl sites for hydroxylation is 1. The zero-order valence-corrected chi connectivity index (χ0v) is 14.5. The average molecular weight is 338 g/mol. The molecule has 128 valence electrons. The Labute approximate surface area is 144 Å². The summed E-state index contributed by atoms with van der Waals surface area (Å²) >= 11 is 0. The summed E-state index contributed by atoms with van der Waals surface area (Å²) in [7, 11) is 6.72. The van der Waals surface area contributed by atoms with E-state index in [1.165, 1.54) is 0 Å². The lowest BCUT2D eigenvalue weighted by molar-refractivity contribution is 0.319. The highest BCUT2D eigenvalue weighted by atomic mass is 16.5. The molecule has 0 aliphatic heterocycles. The van der Waals surface area contributed by atoms with Crippen LogP contribution >= 0.6 is 0 Å². The van der Waals surface area contributed by atoms with Crippen molar-refractivity contribution in [3.05, 3.63) is 41.5 Å². The Hall–Kier alpha value is -3.15. The van der Waals surface area contributed by atoms with Crippen molar-refractivity contribution >= 4 is 16.6 Å². The number of hydrogen-bond donors (Lipinski definition) is 1. The minimum Gasteiger partial charge on any atom is -0.493 e. The number of ether oxygens (including phenoxy) is 3. The molecule has 0 atom stereocenters. The molecule has 25 heavy (non-hydrogen) atoms. The smallest absolute Gasteiger partial charge is 0.204 e. The standard InChI is InChI=1S/C19H18N2O4/c1-21-12-8-6-5-7-10(12)14-16(20-22)11-9-13(23-2)18(24-3)19(25-4)15(11)17(14)21/h5-9,22H,1-4H3/b20-16-. The predicted octanol–water partition coefficient (Wildman–Crippen LogP) is 3.41. The highest BCUT2D eigenvalue weighted by Gasteiger charge is 2.37. The monoisotopic (exact) mass is 338 g/mol. The van der Waals surface area contributed by atoms with E-state index in [0.29, 0.717) is 23.0 Å². The fourth-order valence-corrected chi connectivity index (χ4v) is 3.74. The van der Waals surface area contributed by atoms with Crippen molar-refractivity contribution in [3.63, 3.8) is 0 Å². The number of methoxy groups -OCH3 is 3. The molecule has 0 unspecified atom stereocenters. The van der Waals surface area contributed by atoms with Crippen LogP contribution in [0.1, 0.15) is 11.1 Å². The van der Waals surface area contributed by atoms with Crippen LogP contribution in [-0.2, 0) is 7.05 Å². The number of benzene rings is 2. The third-order valence-corrected chi connectivity index (χ3v) is 4.77. The summed E-state index contributed by atoms with van der Waals surface area (Å²) in [5.74, 6) is 1.60. The van der Waals surface area contributed by atoms with E-state index < -0.39 is 0 Å². The second kappa shape index (κ2) is 5.44. The maximum Gasteiger partial charge on any atom is 0.204 e. The van der Waals surface area contributed by atoms with Crippen LogP contribution in [0.15, 0.2) is 35.5 Å². The SMILES string of the molecule is COc1cc2c(c(OC)c1OC)-c1c(c3ccccc3n1C)/C2=N\O. The lowest BCUT2D eigenvalue weighted by atomic mass is 10.0. The van der Waals surface area contributed by atoms with E-state index in [4.69, 9.17) is 14.2 Å². The number of para-hydroxylation sites is 1. The molecule has 4 rings (SSSR count). The van der Waals surface area contributed by atoms with E-state index in [2.05, 4.69) is 9.72 Å². The van der Waals surface area contributed by atoms with Crippen LogP contribution in [0.5, 0.6) is 17.2 Å². The van der Waals surface area contributed by atoms with Gasteiger partial charge in [0.05, 0.1) is 32.6 Å². The van der Waals surface area contributed by atoms with Gasteiger partial charge in [-0.05, 0) is 12.1 Å². The van der Waals surface area contributed by atoms with E-state index >= 15 is 0 Å². The number of fused-ring (bicyclic) bond motifs is 5. The first-order valence-electron chi connectivity index (χ1n) is 7.81. The van der Waals surface area contributed by atoms with Crippen LogP contribution in [0.25, 0.3) is 22.2 Å². The summed E-state index contributed by atoms with van der Waals surface area (Å²) in [4.78, 5) is 0. The van der Waals surface area contributed by atoms with Gasteiger partial charge in [-0.1, -0.05) is 23.4 Å². The Balaban J connectivity index is 2.21. The van der Waals surface area contributed by atoms with Crippen molar-refractivity contribution < 1.29 is 19.4 Å². The molecule has 6 nitrogen and oxygen atoms in total. The van der Waals surface area contributed by atoms with Gasteiger partial charge in [-0.25, -0.2) is 0 Å². The highest BCUT2D eigenvalue weighted by Crippen LogP contribution is 2.53. The Morgan fingerprint density at radius 1 is 0.960 bits per heavy atom. The van der Waals surface area contributed by atoms with E-state index in [1.807, 2.05) is 37.4 Å². The van der Waals surface area contributed by atoms with Crippen molar-refractivity contribution in [2.45, 2.75) is 0 Å². The molecular formula is C19H18N2O4. The Kier molecular flexibility index (Phi) is 3.35. The van der Waals surface area contributed by atoms with E-state index in [9.17, 15) is 5.21 Å². The first-order valence-corrected chi connectivity index (χ1v) is 7.81. The quantitative estimate of drug-likeness (QED) is 0.459. The Morgan fingerprint density at radius 2 is 1.68 bits per heavy atom. The van der Waals surface area contributed by atoms with Crippen LogP contribution in [0, 0.1) is 0 Å². The zero-order valence-electron chi connectivity index (χ0n) is 14.5. The molecule has 0 saturated heterocycles. The molecule has 0 saturated carbocycles. The Morgan fingerprint density at radius 3 is 2.32 bits per heavy atom. The van der Waals surface area contributed by atoms with Crippen LogP contribution in [0.4, 0.5) is 0 Å². The molecule has 0 radical (unpaired) electrons. The van der Waals surface area contributed by atoms with Crippen molar-refractivity contribution in [3.8, 4) is 28.5 Å². The first-order chi connectivity index (χ1) is 12.2. The van der Waals surface area contributed by atoms with Gasteiger partial charge in [-0.3, -0.25) is 0 Å². The van der Waals surface area contributed by atoms with Gasteiger partial charge >= 0.3 is 0 Å². The molecule has 1 aliphatic rings. The third-order valence-electron chi connectivity index (χ3n) is 4.77. The fourth-order valence-electron chi connectivity index (χ4n) is 3.74. The van der Waals surface area contributed by atoms with E-state index in [-0.39, 0.29) is 0 Å². The van der Waals surface area contributed by atoms with Gasteiger partial charge in [0.2, 0.25) is 5.75 Å². The molecule has 1 heterocycles. The lowest BCUT2D eigenvalue weighted by Gasteiger charge is -2.17. The largest absolute Gasteiger partial charge is 0.493 e. The average Bonchev–Trinajstić information content (AvgIpc) is 3.13. The van der Waals surface area contributed by atoms with Crippen LogP contribution in [0.3, 0.4) is 0 Å². The molecule has 1 N–H and O–H groups in total. The summed E-state index contributed by atoms with van der Waals surface area (Å²) in [6.45, 7) is 0. The van der Waals surface area contributed by atoms with Gasteiger partial charge in [-0.15, -0.1) is 0 Å². The number of hydrogen-bond acceptors (Lipinski definition) is 5. The number of oxime groups is 1. The lowest BCUT2D eigenvalue weighted by Crippen LogP contribution is -2.02. The van der Waals surface area contributed by atoms with Crippen LogP contribution < -0.4 is 14.2 Å². The minimum atomic E-state index is 0.501. The molecule has 1 aromatic heterocycles. The fraction of sp³-hybridized carbons (Fsp3) is 0.211. The molecule has 0 bridgehead atoms. The van der Waals surface area contributed by atoms with Gasteiger partial charge in [0.15, 0.2) is 11.5 Å². The van der Waals surface area contributed by atoms with Gasteiger partial charge in [0, 0.05) is 29.1 Å². The Bertz CT molecular complexity index is 1030. The molecular weight excluding hydrogens is 320 g/mol. The van der Waals surface area contributed by atoms with Crippen LogP contribution in [0.2, 0.25) is 0 Å². The maximum absolute atomic E-state index is 9.75. The normalized spacial score (nSPS) is 13.8. The van der Waals surface area contributed by atoms with Crippen molar-refractivity contribution in [1.82, 2.24) is 4.57 Å². The molecule has 0 fully saturated rings. The first kappa shape index (κ1) is 15.4. The molecule has 0 amide bonds. The topological polar surface area (TPSA) is 65.2 Å². The second-order valence-electron chi connectivity index (χ2n) is 5.82. The zero-order chi connectivity index (χ0) is 17.7. The minimum absolute atomic E-state index is 0.501.